The monoisotopic (exact) mass is 469 g/mol. The molecule has 178 valence electrons. The number of hydrogen-bond donors (Lipinski definition) is 2. The van der Waals surface area contributed by atoms with E-state index in [9.17, 15) is 9.59 Å². The lowest BCUT2D eigenvalue weighted by molar-refractivity contribution is 0.0988. The lowest BCUT2D eigenvalue weighted by Gasteiger charge is -2.26. The van der Waals surface area contributed by atoms with Gasteiger partial charge < -0.3 is 20.9 Å². The highest BCUT2D eigenvalue weighted by atomic mass is 32.1. The van der Waals surface area contributed by atoms with Crippen molar-refractivity contribution in [3.8, 4) is 0 Å². The summed E-state index contributed by atoms with van der Waals surface area (Å²) in [5.74, 6) is -0.0481. The number of nitrogens with two attached hydrogens (primary N) is 1. The Morgan fingerprint density at radius 2 is 1.94 bits per heavy atom. The van der Waals surface area contributed by atoms with Crippen molar-refractivity contribution < 1.29 is 9.59 Å². The minimum Gasteiger partial charge on any atom is -0.398 e. The molecule has 2 aromatic heterocycles. The summed E-state index contributed by atoms with van der Waals surface area (Å²) < 4.78 is 0. The number of nitrogens with zero attached hydrogens (tertiary/aromatic N) is 3. The van der Waals surface area contributed by atoms with Crippen molar-refractivity contribution in [2.45, 2.75) is 64.0 Å². The van der Waals surface area contributed by atoms with E-state index in [1.54, 1.807) is 12.3 Å². The molecule has 2 aliphatic rings. The molecule has 0 unspecified atom stereocenters. The second kappa shape index (κ2) is 11.6. The Morgan fingerprint density at radius 3 is 2.61 bits per heavy atom. The Morgan fingerprint density at radius 1 is 1.15 bits per heavy atom. The van der Waals surface area contributed by atoms with Crippen molar-refractivity contribution in [3.63, 3.8) is 0 Å². The maximum atomic E-state index is 13.0. The number of rotatable bonds is 10. The highest BCUT2D eigenvalue weighted by molar-refractivity contribution is 7.08. The van der Waals surface area contributed by atoms with Gasteiger partial charge in [-0.1, -0.05) is 18.9 Å². The number of nitrogen functional groups attached to an aromatic ring is 1. The van der Waals surface area contributed by atoms with Crippen LogP contribution in [0.15, 0.2) is 29.1 Å². The number of Topliss-reactive ketones (excluding diaryl/α,β-unsaturated/α-hetero) is 1. The minimum absolute atomic E-state index is 0.0106. The second-order valence-corrected chi connectivity index (χ2v) is 10.0. The number of likely N-dealkylation sites (tertiary alicyclic amines) is 1. The number of nitrogens with one attached hydrogen (secondary N) is 1. The summed E-state index contributed by atoms with van der Waals surface area (Å²) in [7, 11) is 0. The van der Waals surface area contributed by atoms with E-state index in [0.29, 0.717) is 30.5 Å². The summed E-state index contributed by atoms with van der Waals surface area (Å²) in [4.78, 5) is 34.4. The number of ketones is 1. The number of aromatic nitrogens is 1. The fraction of sp³-hybridized carbons (Fsp3) is 0.560. The summed E-state index contributed by atoms with van der Waals surface area (Å²) in [6, 6.07) is 3.98. The second-order valence-electron chi connectivity index (χ2n) is 9.26. The van der Waals surface area contributed by atoms with Gasteiger partial charge in [0.2, 0.25) is 0 Å². The number of urea groups is 1. The Balaban J connectivity index is 1.35. The van der Waals surface area contributed by atoms with Gasteiger partial charge in [-0.25, -0.2) is 4.79 Å². The standard InChI is InChI=1S/C25H35N5O2S/c26-22-18-33-17-20(22)14-24(31)23-9-8-19(15-27-23)16-30(13-5-12-29-10-3-4-11-29)25(32)28-21-6-1-2-7-21/h8-9,15,17-18,21H,1-7,10-14,16,26H2,(H,28,32). The van der Waals surface area contributed by atoms with Crippen LogP contribution in [0.25, 0.3) is 0 Å². The van der Waals surface area contributed by atoms with Crippen LogP contribution in [0.2, 0.25) is 0 Å². The average Bonchev–Trinajstić information content (AvgIpc) is 3.58. The molecule has 1 saturated heterocycles. The van der Waals surface area contributed by atoms with Crippen LogP contribution in [0.5, 0.6) is 0 Å². The number of amides is 2. The number of hydrogen-bond acceptors (Lipinski definition) is 6. The molecule has 0 bridgehead atoms. The van der Waals surface area contributed by atoms with Gasteiger partial charge in [-0.2, -0.15) is 0 Å². The summed E-state index contributed by atoms with van der Waals surface area (Å²) in [5, 5.41) is 6.97. The van der Waals surface area contributed by atoms with Gasteiger partial charge in [0.25, 0.3) is 0 Å². The quantitative estimate of drug-likeness (QED) is 0.512. The van der Waals surface area contributed by atoms with Crippen molar-refractivity contribution in [3.05, 3.63) is 45.9 Å². The largest absolute Gasteiger partial charge is 0.398 e. The van der Waals surface area contributed by atoms with Crippen LogP contribution in [0.1, 0.15) is 66.6 Å². The average molecular weight is 470 g/mol. The normalized spacial score (nSPS) is 16.8. The molecular weight excluding hydrogens is 434 g/mol. The first-order chi connectivity index (χ1) is 16.1. The molecule has 8 heteroatoms. The van der Waals surface area contributed by atoms with E-state index in [1.165, 1.54) is 50.1 Å². The number of carbonyl (C=O) groups excluding carboxylic acids is 2. The lowest BCUT2D eigenvalue weighted by atomic mass is 10.1. The van der Waals surface area contributed by atoms with E-state index in [4.69, 9.17) is 5.73 Å². The van der Waals surface area contributed by atoms with Gasteiger partial charge in [-0.05, 0) is 74.3 Å². The van der Waals surface area contributed by atoms with Crippen LogP contribution in [0.3, 0.4) is 0 Å². The summed E-state index contributed by atoms with van der Waals surface area (Å²) >= 11 is 1.50. The fourth-order valence-corrected chi connectivity index (χ4v) is 5.47. The highest BCUT2D eigenvalue weighted by Crippen LogP contribution is 2.20. The highest BCUT2D eigenvalue weighted by Gasteiger charge is 2.22. The summed E-state index contributed by atoms with van der Waals surface area (Å²) in [6.07, 6.45) is 10.0. The van der Waals surface area contributed by atoms with Gasteiger partial charge in [0.15, 0.2) is 5.78 Å². The molecule has 0 spiro atoms. The zero-order valence-corrected chi connectivity index (χ0v) is 20.1. The molecule has 0 atom stereocenters. The number of pyridine rings is 1. The Labute approximate surface area is 200 Å². The molecule has 7 nitrogen and oxygen atoms in total. The molecule has 33 heavy (non-hydrogen) atoms. The number of thiophene rings is 1. The lowest BCUT2D eigenvalue weighted by Crippen LogP contribution is -2.44. The van der Waals surface area contributed by atoms with Crippen molar-refractivity contribution in [1.29, 1.82) is 0 Å². The van der Waals surface area contributed by atoms with Crippen LogP contribution in [-0.2, 0) is 13.0 Å². The van der Waals surface area contributed by atoms with Crippen molar-refractivity contribution >= 4 is 28.8 Å². The number of carbonyl (C=O) groups is 2. The van der Waals surface area contributed by atoms with Crippen LogP contribution >= 0.6 is 11.3 Å². The van der Waals surface area contributed by atoms with Gasteiger partial charge in [0.05, 0.1) is 0 Å². The first-order valence-corrected chi connectivity index (χ1v) is 13.1. The van der Waals surface area contributed by atoms with Crippen molar-refractivity contribution in [2.75, 3.05) is 31.9 Å². The van der Waals surface area contributed by atoms with E-state index in [0.717, 1.165) is 36.9 Å². The van der Waals surface area contributed by atoms with Gasteiger partial charge in [0, 0.05) is 42.8 Å². The topological polar surface area (TPSA) is 91.6 Å². The molecule has 1 saturated carbocycles. The predicted molar refractivity (Wildman–Crippen MR) is 132 cm³/mol. The summed E-state index contributed by atoms with van der Waals surface area (Å²) in [6.45, 7) is 4.59. The maximum absolute atomic E-state index is 13.0. The molecule has 1 aliphatic heterocycles. The van der Waals surface area contributed by atoms with Crippen LogP contribution in [0, 0.1) is 0 Å². The van der Waals surface area contributed by atoms with Crippen LogP contribution < -0.4 is 11.1 Å². The fourth-order valence-electron chi connectivity index (χ4n) is 4.72. The Kier molecular flexibility index (Phi) is 8.34. The molecule has 1 aliphatic carbocycles. The Bertz CT molecular complexity index is 917. The molecule has 2 aromatic rings. The molecule has 0 aromatic carbocycles. The van der Waals surface area contributed by atoms with E-state index in [-0.39, 0.29) is 18.2 Å². The molecule has 2 amide bonds. The molecule has 4 rings (SSSR count). The SMILES string of the molecule is Nc1cscc1CC(=O)c1ccc(CN(CCCN2CCCC2)C(=O)NC2CCCC2)cn1. The third-order valence-electron chi connectivity index (χ3n) is 6.68. The molecule has 0 radical (unpaired) electrons. The van der Waals surface area contributed by atoms with E-state index >= 15 is 0 Å². The van der Waals surface area contributed by atoms with Crippen LogP contribution in [0.4, 0.5) is 10.5 Å². The van der Waals surface area contributed by atoms with Crippen molar-refractivity contribution in [2.24, 2.45) is 0 Å². The van der Waals surface area contributed by atoms with Crippen molar-refractivity contribution in [1.82, 2.24) is 20.1 Å². The third-order valence-corrected chi connectivity index (χ3v) is 7.49. The number of anilines is 1. The maximum Gasteiger partial charge on any atom is 0.317 e. The molecule has 2 fully saturated rings. The van der Waals surface area contributed by atoms with Gasteiger partial charge >= 0.3 is 6.03 Å². The molecule has 3 N–H and O–H groups in total. The zero-order valence-electron chi connectivity index (χ0n) is 19.3. The molecule has 3 heterocycles. The first-order valence-electron chi connectivity index (χ1n) is 12.1. The van der Waals surface area contributed by atoms with Crippen LogP contribution in [-0.4, -0.2) is 58.8 Å². The van der Waals surface area contributed by atoms with Gasteiger partial charge in [0.1, 0.15) is 5.69 Å². The zero-order chi connectivity index (χ0) is 23.0. The van der Waals surface area contributed by atoms with E-state index in [1.807, 2.05) is 21.7 Å². The van der Waals surface area contributed by atoms with Gasteiger partial charge in [-0.15, -0.1) is 11.3 Å². The summed E-state index contributed by atoms with van der Waals surface area (Å²) in [5.41, 5.74) is 8.78. The van der Waals surface area contributed by atoms with E-state index < -0.39 is 0 Å². The van der Waals surface area contributed by atoms with Gasteiger partial charge in [-0.3, -0.25) is 9.78 Å². The third kappa shape index (κ3) is 6.77. The molecular formula is C25H35N5O2S. The smallest absolute Gasteiger partial charge is 0.317 e. The van der Waals surface area contributed by atoms with E-state index in [2.05, 4.69) is 15.2 Å². The predicted octanol–water partition coefficient (Wildman–Crippen LogP) is 4.09. The minimum atomic E-state index is -0.0481. The first kappa shape index (κ1) is 23.7. The Hall–Kier alpha value is -2.45.